The number of carbonyl (C=O) groups excluding carboxylic acids is 1. The second kappa shape index (κ2) is 8.10. The minimum Gasteiger partial charge on any atom is -0.462 e. The number of esters is 1. The summed E-state index contributed by atoms with van der Waals surface area (Å²) in [6.45, 7) is 5.63. The summed E-state index contributed by atoms with van der Waals surface area (Å²) in [6, 6.07) is -0.348. The standard InChI is InChI=1S/C27H43NO8/c1-7-28-12-24(13-32-3)9-8-18(30)26-16-10-15-17(33-4)11-25(35-6,19(16)20(15)36-14(2)29)27(31,23(26)28)22(34-5)21(24)26/h15-23,30-31H,7-13H2,1-6H3/t15-,16-,17+,18+,19-,20+,21-,22+,23?,24+,25-,26+,27?/m1/s1. The molecule has 0 aromatic rings. The molecule has 2 N–H and O–H groups in total. The molecule has 36 heavy (non-hydrogen) atoms. The lowest BCUT2D eigenvalue weighted by Gasteiger charge is -2.70. The van der Waals surface area contributed by atoms with Crippen molar-refractivity contribution in [1.29, 1.82) is 0 Å². The van der Waals surface area contributed by atoms with E-state index in [0.29, 0.717) is 19.4 Å². The number of fused-ring (bicyclic) bond motifs is 2. The Bertz CT molecular complexity index is 918. The van der Waals surface area contributed by atoms with E-state index in [2.05, 4.69) is 11.8 Å². The van der Waals surface area contributed by atoms with Gasteiger partial charge >= 0.3 is 5.97 Å². The maximum Gasteiger partial charge on any atom is 0.302 e. The molecule has 0 radical (unpaired) electrons. The van der Waals surface area contributed by atoms with Crippen LogP contribution in [0.15, 0.2) is 0 Å². The molecule has 6 fully saturated rings. The first-order valence-electron chi connectivity index (χ1n) is 13.6. The monoisotopic (exact) mass is 509 g/mol. The van der Waals surface area contributed by atoms with Gasteiger partial charge in [-0.05, 0) is 31.7 Å². The van der Waals surface area contributed by atoms with Gasteiger partial charge in [0.15, 0.2) is 0 Å². The molecule has 2 unspecified atom stereocenters. The third kappa shape index (κ3) is 2.50. The van der Waals surface area contributed by atoms with Crippen molar-refractivity contribution in [2.24, 2.45) is 34.5 Å². The lowest BCUT2D eigenvalue weighted by Crippen LogP contribution is -2.82. The number of aliphatic hydroxyl groups is 2. The fraction of sp³-hybridized carbons (Fsp3) is 0.963. The number of ether oxygens (including phenoxy) is 5. The highest BCUT2D eigenvalue weighted by molar-refractivity contribution is 5.66. The smallest absolute Gasteiger partial charge is 0.302 e. The normalized spacial score (nSPS) is 56.6. The number of carbonyl (C=O) groups is 1. The highest BCUT2D eigenvalue weighted by Crippen LogP contribution is 2.80. The highest BCUT2D eigenvalue weighted by atomic mass is 16.6. The van der Waals surface area contributed by atoms with Crippen molar-refractivity contribution in [2.75, 3.05) is 48.1 Å². The van der Waals surface area contributed by atoms with Crippen LogP contribution in [0.25, 0.3) is 0 Å². The number of hydrogen-bond acceptors (Lipinski definition) is 9. The molecule has 5 aliphatic carbocycles. The van der Waals surface area contributed by atoms with E-state index in [1.54, 1.807) is 28.4 Å². The fourth-order valence-electron chi connectivity index (χ4n) is 11.4. The minimum atomic E-state index is -1.44. The second-order valence-electron chi connectivity index (χ2n) is 12.5. The van der Waals surface area contributed by atoms with Crippen LogP contribution in [0.5, 0.6) is 0 Å². The Kier molecular flexibility index (Phi) is 5.73. The molecule has 6 rings (SSSR count). The average molecular weight is 510 g/mol. The Hall–Kier alpha value is -0.810. The first-order valence-corrected chi connectivity index (χ1v) is 13.6. The van der Waals surface area contributed by atoms with Crippen LogP contribution in [0.4, 0.5) is 0 Å². The fourth-order valence-corrected chi connectivity index (χ4v) is 11.4. The van der Waals surface area contributed by atoms with E-state index in [0.717, 1.165) is 25.9 Å². The zero-order chi connectivity index (χ0) is 25.8. The van der Waals surface area contributed by atoms with Crippen molar-refractivity contribution >= 4 is 5.97 Å². The summed E-state index contributed by atoms with van der Waals surface area (Å²) in [5.74, 6) is -0.764. The summed E-state index contributed by atoms with van der Waals surface area (Å²) in [4.78, 5) is 14.7. The van der Waals surface area contributed by atoms with E-state index in [4.69, 9.17) is 23.7 Å². The first kappa shape index (κ1) is 25.5. The Morgan fingerprint density at radius 3 is 2.50 bits per heavy atom. The molecule has 5 saturated carbocycles. The number of likely N-dealkylation sites (tertiary alicyclic amines) is 1. The number of nitrogens with zero attached hydrogens (tertiary/aromatic N) is 1. The molecule has 0 amide bonds. The van der Waals surface area contributed by atoms with E-state index < -0.39 is 34.9 Å². The van der Waals surface area contributed by atoms with Crippen LogP contribution in [0.1, 0.15) is 39.5 Å². The molecular weight excluding hydrogens is 466 g/mol. The molecule has 0 aromatic heterocycles. The van der Waals surface area contributed by atoms with Crippen LogP contribution in [-0.2, 0) is 28.5 Å². The number of hydrogen-bond donors (Lipinski definition) is 2. The average Bonchev–Trinajstić information content (AvgIpc) is 3.22. The molecule has 7 bridgehead atoms. The molecule has 0 aromatic carbocycles. The van der Waals surface area contributed by atoms with E-state index >= 15 is 0 Å². The van der Waals surface area contributed by atoms with Crippen molar-refractivity contribution in [1.82, 2.24) is 4.90 Å². The largest absolute Gasteiger partial charge is 0.462 e. The summed E-state index contributed by atoms with van der Waals surface area (Å²) < 4.78 is 30.8. The van der Waals surface area contributed by atoms with Crippen molar-refractivity contribution in [3.63, 3.8) is 0 Å². The third-order valence-electron chi connectivity index (χ3n) is 11.8. The predicted molar refractivity (Wildman–Crippen MR) is 128 cm³/mol. The van der Waals surface area contributed by atoms with Crippen LogP contribution in [0, 0.1) is 34.5 Å². The van der Waals surface area contributed by atoms with Gasteiger partial charge in [0.25, 0.3) is 0 Å². The summed E-state index contributed by atoms with van der Waals surface area (Å²) in [5.41, 5.74) is -3.41. The molecule has 13 atom stereocenters. The van der Waals surface area contributed by atoms with Gasteiger partial charge in [0, 0.05) is 76.9 Å². The van der Waals surface area contributed by atoms with Crippen LogP contribution in [0.2, 0.25) is 0 Å². The Morgan fingerprint density at radius 2 is 1.92 bits per heavy atom. The molecule has 1 spiro atoms. The Balaban J connectivity index is 1.67. The molecule has 1 saturated heterocycles. The lowest BCUT2D eigenvalue weighted by molar-refractivity contribution is -0.324. The number of rotatable bonds is 7. The minimum absolute atomic E-state index is 0.0164. The molecule has 1 aliphatic heterocycles. The highest BCUT2D eigenvalue weighted by Gasteiger charge is 2.92. The van der Waals surface area contributed by atoms with Gasteiger partial charge in [-0.25, -0.2) is 0 Å². The van der Waals surface area contributed by atoms with E-state index in [1.807, 2.05) is 0 Å². The molecule has 6 aliphatic rings. The predicted octanol–water partition coefficient (Wildman–Crippen LogP) is 0.842. The van der Waals surface area contributed by atoms with Crippen LogP contribution >= 0.6 is 0 Å². The number of piperidine rings is 1. The lowest BCUT2D eigenvalue weighted by atomic mass is 9.42. The quantitative estimate of drug-likeness (QED) is 0.483. The van der Waals surface area contributed by atoms with Gasteiger partial charge in [0.2, 0.25) is 0 Å². The van der Waals surface area contributed by atoms with E-state index in [-0.39, 0.29) is 47.2 Å². The summed E-state index contributed by atoms with van der Waals surface area (Å²) in [5, 5.41) is 25.4. The van der Waals surface area contributed by atoms with Crippen molar-refractivity contribution < 1.29 is 38.7 Å². The molecule has 9 heteroatoms. The molecular formula is C27H43NO8. The maximum atomic E-state index is 13.3. The number of likely N-dealkylation sites (N-methyl/N-ethyl adjacent to an activating group) is 1. The molecule has 9 nitrogen and oxygen atoms in total. The van der Waals surface area contributed by atoms with Gasteiger partial charge in [0.05, 0.1) is 31.0 Å². The zero-order valence-electron chi connectivity index (χ0n) is 22.4. The third-order valence-corrected chi connectivity index (χ3v) is 11.8. The van der Waals surface area contributed by atoms with Gasteiger partial charge in [-0.1, -0.05) is 6.92 Å². The summed E-state index contributed by atoms with van der Waals surface area (Å²) in [6.07, 6.45) is 0.828. The van der Waals surface area contributed by atoms with Gasteiger partial charge in [-0.15, -0.1) is 0 Å². The van der Waals surface area contributed by atoms with Gasteiger partial charge in [-0.3, -0.25) is 9.69 Å². The topological polar surface area (TPSA) is 107 Å². The van der Waals surface area contributed by atoms with Crippen molar-refractivity contribution in [3.8, 4) is 0 Å². The van der Waals surface area contributed by atoms with Crippen LogP contribution in [0.3, 0.4) is 0 Å². The van der Waals surface area contributed by atoms with Gasteiger partial charge in [-0.2, -0.15) is 0 Å². The first-order chi connectivity index (χ1) is 17.2. The number of methoxy groups -OCH3 is 4. The van der Waals surface area contributed by atoms with E-state index in [9.17, 15) is 15.0 Å². The summed E-state index contributed by atoms with van der Waals surface area (Å²) in [7, 11) is 6.77. The maximum absolute atomic E-state index is 13.3. The van der Waals surface area contributed by atoms with Gasteiger partial charge in [0.1, 0.15) is 17.3 Å². The van der Waals surface area contributed by atoms with Crippen LogP contribution in [-0.4, -0.2) is 111 Å². The van der Waals surface area contributed by atoms with Crippen LogP contribution < -0.4 is 0 Å². The second-order valence-corrected chi connectivity index (χ2v) is 12.5. The van der Waals surface area contributed by atoms with Gasteiger partial charge < -0.3 is 33.9 Å². The zero-order valence-corrected chi connectivity index (χ0v) is 22.4. The van der Waals surface area contributed by atoms with Crippen molar-refractivity contribution in [3.05, 3.63) is 0 Å². The summed E-state index contributed by atoms with van der Waals surface area (Å²) >= 11 is 0. The molecule has 1 heterocycles. The Labute approximate surface area is 213 Å². The number of aliphatic hydroxyl groups excluding tert-OH is 1. The molecule has 204 valence electrons. The Morgan fingerprint density at radius 1 is 1.17 bits per heavy atom. The van der Waals surface area contributed by atoms with Crippen molar-refractivity contribution in [2.45, 2.75) is 81.2 Å². The SMILES string of the molecule is CCN1C[C@]2(COC)CC[C@H](O)[C@]34C1C(O)([C@@H](OC)[C@H]23)[C@@]1(OC)C[C@H](OC)[C@H]2C[C@@H]4[C@@H]1[C@H]2OC(C)=O. The van der Waals surface area contributed by atoms with E-state index in [1.165, 1.54) is 6.92 Å².